The molecule has 7 nitrogen and oxygen atoms in total. The van der Waals surface area contributed by atoms with E-state index in [2.05, 4.69) is 19.2 Å². The van der Waals surface area contributed by atoms with Crippen LogP contribution in [-0.2, 0) is 14.3 Å². The average Bonchev–Trinajstić information content (AvgIpc) is 3.03. The fraction of sp³-hybridized carbons (Fsp3) is 0.333. The SMILES string of the molecule is CC[C@@H](C)c1ccccc1NC(=O)[C@H](C)OC(=O)[C@@H](C)N1C(=O)c2ccccc2C1=O. The highest BCUT2D eigenvalue weighted by Gasteiger charge is 2.41. The van der Waals surface area contributed by atoms with E-state index in [9.17, 15) is 19.2 Å². The molecule has 0 saturated heterocycles. The molecule has 0 fully saturated rings. The van der Waals surface area contributed by atoms with Gasteiger partial charge in [0.2, 0.25) is 0 Å². The lowest BCUT2D eigenvalue weighted by Gasteiger charge is -2.23. The number of esters is 1. The molecule has 2 aromatic carbocycles. The van der Waals surface area contributed by atoms with Gasteiger partial charge in [-0.2, -0.15) is 0 Å². The average molecular weight is 422 g/mol. The molecule has 1 heterocycles. The second-order valence-electron chi connectivity index (χ2n) is 7.67. The lowest BCUT2D eigenvalue weighted by Crippen LogP contribution is -2.45. The van der Waals surface area contributed by atoms with E-state index in [1.807, 2.05) is 18.2 Å². The highest BCUT2D eigenvalue weighted by Crippen LogP contribution is 2.27. The number of rotatable bonds is 7. The molecule has 3 amide bonds. The van der Waals surface area contributed by atoms with Crippen LogP contribution in [0.4, 0.5) is 5.69 Å². The summed E-state index contributed by atoms with van der Waals surface area (Å²) in [6.07, 6.45) is -0.190. The standard InChI is InChI=1S/C24H26N2O5/c1-5-14(2)17-10-8-9-13-20(17)25-21(27)16(4)31-24(30)15(3)26-22(28)18-11-6-7-12-19(18)23(26)29/h6-16H,5H2,1-4H3,(H,25,27)/t14-,15-,16+/m1/s1. The van der Waals surface area contributed by atoms with Gasteiger partial charge in [0.15, 0.2) is 6.10 Å². The number of nitrogens with one attached hydrogen (secondary N) is 1. The summed E-state index contributed by atoms with van der Waals surface area (Å²) in [5.41, 5.74) is 2.16. The second-order valence-corrected chi connectivity index (χ2v) is 7.67. The van der Waals surface area contributed by atoms with Gasteiger partial charge in [0.25, 0.3) is 17.7 Å². The molecule has 0 aliphatic carbocycles. The number of fused-ring (bicyclic) bond motifs is 1. The molecule has 0 spiro atoms. The number of imide groups is 1. The van der Waals surface area contributed by atoms with Gasteiger partial charge in [-0.25, -0.2) is 4.79 Å². The number of para-hydroxylation sites is 1. The van der Waals surface area contributed by atoms with Crippen LogP contribution in [0.5, 0.6) is 0 Å². The first kappa shape index (κ1) is 22.2. The number of benzene rings is 2. The maximum atomic E-state index is 12.6. The van der Waals surface area contributed by atoms with Crippen LogP contribution in [0.1, 0.15) is 66.3 Å². The summed E-state index contributed by atoms with van der Waals surface area (Å²) in [6, 6.07) is 12.7. The number of carbonyl (C=O) groups is 4. The molecule has 1 aliphatic rings. The number of anilines is 1. The van der Waals surface area contributed by atoms with Gasteiger partial charge in [0.1, 0.15) is 6.04 Å². The third-order valence-electron chi connectivity index (χ3n) is 5.58. The monoisotopic (exact) mass is 422 g/mol. The van der Waals surface area contributed by atoms with Crippen molar-refractivity contribution in [2.45, 2.75) is 52.2 Å². The van der Waals surface area contributed by atoms with Crippen molar-refractivity contribution in [2.75, 3.05) is 5.32 Å². The molecule has 3 rings (SSSR count). The largest absolute Gasteiger partial charge is 0.451 e. The molecule has 1 N–H and O–H groups in total. The van der Waals surface area contributed by atoms with Crippen molar-refractivity contribution in [2.24, 2.45) is 0 Å². The van der Waals surface area contributed by atoms with Crippen molar-refractivity contribution in [3.05, 3.63) is 65.2 Å². The fourth-order valence-corrected chi connectivity index (χ4v) is 3.49. The van der Waals surface area contributed by atoms with Crippen LogP contribution >= 0.6 is 0 Å². The highest BCUT2D eigenvalue weighted by atomic mass is 16.5. The van der Waals surface area contributed by atoms with Crippen molar-refractivity contribution in [3.63, 3.8) is 0 Å². The van der Waals surface area contributed by atoms with Gasteiger partial charge >= 0.3 is 5.97 Å². The normalized spacial score (nSPS) is 15.8. The summed E-state index contributed by atoms with van der Waals surface area (Å²) in [5, 5.41) is 2.81. The van der Waals surface area contributed by atoms with Gasteiger partial charge in [0.05, 0.1) is 11.1 Å². The first-order chi connectivity index (χ1) is 14.8. The van der Waals surface area contributed by atoms with E-state index in [0.29, 0.717) is 5.69 Å². The quantitative estimate of drug-likeness (QED) is 0.542. The second kappa shape index (κ2) is 9.12. The zero-order valence-corrected chi connectivity index (χ0v) is 18.0. The Morgan fingerprint density at radius 1 is 0.935 bits per heavy atom. The van der Waals surface area contributed by atoms with Crippen LogP contribution in [0.25, 0.3) is 0 Å². The maximum Gasteiger partial charge on any atom is 0.329 e. The van der Waals surface area contributed by atoms with Gasteiger partial charge in [-0.1, -0.05) is 44.2 Å². The Kier molecular flexibility index (Phi) is 6.53. The number of nitrogens with zero attached hydrogens (tertiary/aromatic N) is 1. The van der Waals surface area contributed by atoms with Crippen LogP contribution in [0.2, 0.25) is 0 Å². The van der Waals surface area contributed by atoms with E-state index in [0.717, 1.165) is 16.9 Å². The first-order valence-electron chi connectivity index (χ1n) is 10.3. The van der Waals surface area contributed by atoms with Crippen LogP contribution < -0.4 is 5.32 Å². The van der Waals surface area contributed by atoms with E-state index in [-0.39, 0.29) is 17.0 Å². The minimum absolute atomic E-state index is 0.250. The minimum Gasteiger partial charge on any atom is -0.451 e. The Balaban J connectivity index is 1.67. The van der Waals surface area contributed by atoms with Crippen LogP contribution in [-0.4, -0.2) is 40.7 Å². The molecule has 2 aromatic rings. The van der Waals surface area contributed by atoms with Gasteiger partial charge in [-0.3, -0.25) is 19.3 Å². The zero-order chi connectivity index (χ0) is 22.7. The zero-order valence-electron chi connectivity index (χ0n) is 18.0. The smallest absolute Gasteiger partial charge is 0.329 e. The van der Waals surface area contributed by atoms with E-state index >= 15 is 0 Å². The Morgan fingerprint density at radius 3 is 2.06 bits per heavy atom. The molecule has 0 radical (unpaired) electrons. The predicted molar refractivity (Wildman–Crippen MR) is 116 cm³/mol. The Bertz CT molecular complexity index is 997. The Labute approximate surface area is 181 Å². The number of ether oxygens (including phenoxy) is 1. The number of hydrogen-bond donors (Lipinski definition) is 1. The lowest BCUT2D eigenvalue weighted by atomic mass is 9.97. The van der Waals surface area contributed by atoms with Gasteiger partial charge in [0, 0.05) is 5.69 Å². The van der Waals surface area contributed by atoms with E-state index in [1.54, 1.807) is 30.3 Å². The molecule has 0 saturated carbocycles. The van der Waals surface area contributed by atoms with Gasteiger partial charge in [-0.15, -0.1) is 0 Å². The van der Waals surface area contributed by atoms with Gasteiger partial charge in [-0.05, 0) is 49.9 Å². The molecule has 7 heteroatoms. The molecule has 3 atom stereocenters. The number of amides is 3. The predicted octanol–water partition coefficient (Wildman–Crippen LogP) is 3.76. The van der Waals surface area contributed by atoms with Crippen molar-refractivity contribution < 1.29 is 23.9 Å². The molecular formula is C24H26N2O5. The van der Waals surface area contributed by atoms with E-state index < -0.39 is 35.8 Å². The molecule has 162 valence electrons. The Hall–Kier alpha value is -3.48. The summed E-state index contributed by atoms with van der Waals surface area (Å²) in [7, 11) is 0. The third kappa shape index (κ3) is 4.35. The summed E-state index contributed by atoms with van der Waals surface area (Å²) in [6.45, 7) is 6.99. The van der Waals surface area contributed by atoms with Crippen molar-refractivity contribution >= 4 is 29.4 Å². The molecule has 31 heavy (non-hydrogen) atoms. The van der Waals surface area contributed by atoms with Crippen molar-refractivity contribution in [1.29, 1.82) is 0 Å². The van der Waals surface area contributed by atoms with E-state index in [4.69, 9.17) is 4.74 Å². The van der Waals surface area contributed by atoms with Crippen LogP contribution in [0.15, 0.2) is 48.5 Å². The number of carbonyl (C=O) groups excluding carboxylic acids is 4. The molecular weight excluding hydrogens is 396 g/mol. The molecule has 1 aliphatic heterocycles. The Morgan fingerprint density at radius 2 is 1.48 bits per heavy atom. The third-order valence-corrected chi connectivity index (χ3v) is 5.58. The molecule has 0 aromatic heterocycles. The van der Waals surface area contributed by atoms with Crippen LogP contribution in [0.3, 0.4) is 0 Å². The molecule has 0 unspecified atom stereocenters. The van der Waals surface area contributed by atoms with Crippen molar-refractivity contribution in [1.82, 2.24) is 4.90 Å². The number of hydrogen-bond acceptors (Lipinski definition) is 5. The summed E-state index contributed by atoms with van der Waals surface area (Å²) >= 11 is 0. The fourth-order valence-electron chi connectivity index (χ4n) is 3.49. The molecule has 0 bridgehead atoms. The summed E-state index contributed by atoms with van der Waals surface area (Å²) in [4.78, 5) is 51.2. The van der Waals surface area contributed by atoms with Crippen LogP contribution in [0, 0.1) is 0 Å². The van der Waals surface area contributed by atoms with Gasteiger partial charge < -0.3 is 10.1 Å². The van der Waals surface area contributed by atoms with Crippen molar-refractivity contribution in [3.8, 4) is 0 Å². The minimum atomic E-state index is -1.16. The van der Waals surface area contributed by atoms with E-state index in [1.165, 1.54) is 13.8 Å². The first-order valence-corrected chi connectivity index (χ1v) is 10.3. The topological polar surface area (TPSA) is 92.8 Å². The summed E-state index contributed by atoms with van der Waals surface area (Å²) in [5.74, 6) is -2.16. The lowest BCUT2D eigenvalue weighted by molar-refractivity contribution is -0.156. The maximum absolute atomic E-state index is 12.6. The highest BCUT2D eigenvalue weighted by molar-refractivity contribution is 6.22. The summed E-state index contributed by atoms with van der Waals surface area (Å²) < 4.78 is 5.28.